The van der Waals surface area contributed by atoms with Crippen LogP contribution in [-0.2, 0) is 9.53 Å². The standard InChI is InChI=1S/C11H20N2O2/c1-8-4-5-12-10(8)11(14)13-9-3-2-6-15-7-9/h8-10,12H,2-7H2,1H3,(H,13,14). The van der Waals surface area contributed by atoms with Gasteiger partial charge in [0.25, 0.3) is 0 Å². The fourth-order valence-electron chi connectivity index (χ4n) is 2.33. The van der Waals surface area contributed by atoms with Crippen LogP contribution in [0.25, 0.3) is 0 Å². The first-order chi connectivity index (χ1) is 7.27. The zero-order chi connectivity index (χ0) is 10.7. The van der Waals surface area contributed by atoms with Gasteiger partial charge >= 0.3 is 0 Å². The summed E-state index contributed by atoms with van der Waals surface area (Å²) < 4.78 is 5.34. The summed E-state index contributed by atoms with van der Waals surface area (Å²) in [5, 5.41) is 6.31. The van der Waals surface area contributed by atoms with Crippen molar-refractivity contribution >= 4 is 5.91 Å². The molecular weight excluding hydrogens is 192 g/mol. The molecule has 2 saturated heterocycles. The van der Waals surface area contributed by atoms with E-state index in [2.05, 4.69) is 17.6 Å². The average Bonchev–Trinajstić information content (AvgIpc) is 2.66. The summed E-state index contributed by atoms with van der Waals surface area (Å²) in [6.07, 6.45) is 3.20. The molecule has 2 rings (SSSR count). The van der Waals surface area contributed by atoms with Crippen LogP contribution in [0.4, 0.5) is 0 Å². The summed E-state index contributed by atoms with van der Waals surface area (Å²) in [5.41, 5.74) is 0. The smallest absolute Gasteiger partial charge is 0.237 e. The second-order valence-electron chi connectivity index (χ2n) is 4.62. The van der Waals surface area contributed by atoms with Crippen molar-refractivity contribution < 1.29 is 9.53 Å². The van der Waals surface area contributed by atoms with E-state index < -0.39 is 0 Å². The molecule has 2 aliphatic heterocycles. The van der Waals surface area contributed by atoms with Gasteiger partial charge < -0.3 is 15.4 Å². The molecule has 4 heteroatoms. The van der Waals surface area contributed by atoms with Crippen molar-refractivity contribution in [3.8, 4) is 0 Å². The quantitative estimate of drug-likeness (QED) is 0.691. The minimum atomic E-state index is 0.00641. The Morgan fingerprint density at radius 1 is 1.47 bits per heavy atom. The summed E-state index contributed by atoms with van der Waals surface area (Å²) in [5.74, 6) is 0.602. The van der Waals surface area contributed by atoms with E-state index in [-0.39, 0.29) is 18.0 Å². The fourth-order valence-corrected chi connectivity index (χ4v) is 2.33. The van der Waals surface area contributed by atoms with Gasteiger partial charge in [-0.1, -0.05) is 6.92 Å². The zero-order valence-electron chi connectivity index (χ0n) is 9.29. The molecule has 0 aliphatic carbocycles. The van der Waals surface area contributed by atoms with E-state index in [0.29, 0.717) is 12.5 Å². The van der Waals surface area contributed by atoms with Crippen molar-refractivity contribution in [1.82, 2.24) is 10.6 Å². The fraction of sp³-hybridized carbons (Fsp3) is 0.909. The van der Waals surface area contributed by atoms with Crippen LogP contribution in [0.2, 0.25) is 0 Å². The topological polar surface area (TPSA) is 50.4 Å². The number of amides is 1. The molecule has 0 spiro atoms. The van der Waals surface area contributed by atoms with Crippen LogP contribution >= 0.6 is 0 Å². The van der Waals surface area contributed by atoms with Gasteiger partial charge in [0, 0.05) is 6.61 Å². The first-order valence-electron chi connectivity index (χ1n) is 5.89. The van der Waals surface area contributed by atoms with Gasteiger partial charge in [-0.3, -0.25) is 4.79 Å². The first kappa shape index (κ1) is 10.9. The van der Waals surface area contributed by atoms with Crippen molar-refractivity contribution in [2.45, 2.75) is 38.3 Å². The van der Waals surface area contributed by atoms with Crippen molar-refractivity contribution in [1.29, 1.82) is 0 Å². The van der Waals surface area contributed by atoms with E-state index in [9.17, 15) is 4.79 Å². The molecule has 0 aromatic rings. The van der Waals surface area contributed by atoms with Gasteiger partial charge in [-0.25, -0.2) is 0 Å². The Morgan fingerprint density at radius 3 is 2.93 bits per heavy atom. The monoisotopic (exact) mass is 212 g/mol. The molecular formula is C11H20N2O2. The summed E-state index contributed by atoms with van der Waals surface area (Å²) in [4.78, 5) is 11.9. The number of hydrogen-bond donors (Lipinski definition) is 2. The normalized spacial score (nSPS) is 36.5. The maximum atomic E-state index is 11.9. The lowest BCUT2D eigenvalue weighted by molar-refractivity contribution is -0.125. The van der Waals surface area contributed by atoms with E-state index in [4.69, 9.17) is 4.74 Å². The van der Waals surface area contributed by atoms with Crippen LogP contribution in [0.1, 0.15) is 26.2 Å². The van der Waals surface area contributed by atoms with Crippen LogP contribution in [0.5, 0.6) is 0 Å². The van der Waals surface area contributed by atoms with Crippen molar-refractivity contribution in [3.05, 3.63) is 0 Å². The molecule has 0 bridgehead atoms. The molecule has 3 atom stereocenters. The van der Waals surface area contributed by atoms with Crippen molar-refractivity contribution in [2.75, 3.05) is 19.8 Å². The lowest BCUT2D eigenvalue weighted by Crippen LogP contribution is -2.49. The first-order valence-corrected chi connectivity index (χ1v) is 5.89. The Morgan fingerprint density at radius 2 is 2.33 bits per heavy atom. The SMILES string of the molecule is CC1CCNC1C(=O)NC1CCCOC1. The van der Waals surface area contributed by atoms with E-state index in [1.807, 2.05) is 0 Å². The zero-order valence-corrected chi connectivity index (χ0v) is 9.29. The van der Waals surface area contributed by atoms with Gasteiger partial charge in [0.2, 0.25) is 5.91 Å². The third-order valence-electron chi connectivity index (χ3n) is 3.32. The predicted molar refractivity (Wildman–Crippen MR) is 57.6 cm³/mol. The largest absolute Gasteiger partial charge is 0.379 e. The predicted octanol–water partition coefficient (Wildman–Crippen LogP) is 0.280. The highest BCUT2D eigenvalue weighted by atomic mass is 16.5. The highest BCUT2D eigenvalue weighted by molar-refractivity contribution is 5.82. The third-order valence-corrected chi connectivity index (χ3v) is 3.32. The van der Waals surface area contributed by atoms with Crippen LogP contribution < -0.4 is 10.6 Å². The Kier molecular flexibility index (Phi) is 3.59. The number of carbonyl (C=O) groups excluding carboxylic acids is 1. The summed E-state index contributed by atoms with van der Waals surface area (Å²) in [6, 6.07) is 0.229. The molecule has 2 aliphatic rings. The molecule has 0 saturated carbocycles. The minimum absolute atomic E-state index is 0.00641. The Labute approximate surface area is 90.8 Å². The van der Waals surface area contributed by atoms with Gasteiger partial charge in [0.15, 0.2) is 0 Å². The molecule has 2 N–H and O–H groups in total. The van der Waals surface area contributed by atoms with Gasteiger partial charge in [0.05, 0.1) is 18.7 Å². The molecule has 15 heavy (non-hydrogen) atoms. The number of ether oxygens (including phenoxy) is 1. The molecule has 2 heterocycles. The number of rotatable bonds is 2. The van der Waals surface area contributed by atoms with Crippen LogP contribution in [-0.4, -0.2) is 37.7 Å². The van der Waals surface area contributed by atoms with E-state index in [0.717, 1.165) is 32.4 Å². The molecule has 0 aromatic heterocycles. The van der Waals surface area contributed by atoms with E-state index in [1.165, 1.54) is 0 Å². The molecule has 0 aromatic carbocycles. The Hall–Kier alpha value is -0.610. The molecule has 86 valence electrons. The van der Waals surface area contributed by atoms with Crippen LogP contribution in [0, 0.1) is 5.92 Å². The highest BCUT2D eigenvalue weighted by Crippen LogP contribution is 2.15. The molecule has 4 nitrogen and oxygen atoms in total. The Balaban J connectivity index is 1.80. The lowest BCUT2D eigenvalue weighted by atomic mass is 10.0. The maximum absolute atomic E-state index is 11.9. The second kappa shape index (κ2) is 4.94. The highest BCUT2D eigenvalue weighted by Gasteiger charge is 2.30. The summed E-state index contributed by atoms with van der Waals surface area (Å²) in [6.45, 7) is 4.60. The average molecular weight is 212 g/mol. The second-order valence-corrected chi connectivity index (χ2v) is 4.62. The number of nitrogens with one attached hydrogen (secondary N) is 2. The molecule has 0 radical (unpaired) electrons. The van der Waals surface area contributed by atoms with Crippen LogP contribution in [0.3, 0.4) is 0 Å². The van der Waals surface area contributed by atoms with Crippen molar-refractivity contribution in [3.63, 3.8) is 0 Å². The lowest BCUT2D eigenvalue weighted by Gasteiger charge is -2.25. The van der Waals surface area contributed by atoms with Crippen LogP contribution in [0.15, 0.2) is 0 Å². The van der Waals surface area contributed by atoms with Crippen molar-refractivity contribution in [2.24, 2.45) is 5.92 Å². The Bertz CT molecular complexity index is 227. The van der Waals surface area contributed by atoms with E-state index in [1.54, 1.807) is 0 Å². The molecule has 3 unspecified atom stereocenters. The van der Waals surface area contributed by atoms with Gasteiger partial charge in [0.1, 0.15) is 0 Å². The maximum Gasteiger partial charge on any atom is 0.237 e. The van der Waals surface area contributed by atoms with Gasteiger partial charge in [-0.15, -0.1) is 0 Å². The third kappa shape index (κ3) is 2.69. The van der Waals surface area contributed by atoms with E-state index >= 15 is 0 Å². The van der Waals surface area contributed by atoms with Gasteiger partial charge in [-0.2, -0.15) is 0 Å². The molecule has 1 amide bonds. The minimum Gasteiger partial charge on any atom is -0.379 e. The summed E-state index contributed by atoms with van der Waals surface area (Å²) >= 11 is 0. The van der Waals surface area contributed by atoms with Gasteiger partial charge in [-0.05, 0) is 31.7 Å². The summed E-state index contributed by atoms with van der Waals surface area (Å²) in [7, 11) is 0. The number of hydrogen-bond acceptors (Lipinski definition) is 3. The number of carbonyl (C=O) groups is 1. The molecule has 2 fully saturated rings.